The molecule has 3 N–H and O–H groups in total. The first-order valence-corrected chi connectivity index (χ1v) is 6.31. The van der Waals surface area contributed by atoms with Crippen LogP contribution in [0.25, 0.3) is 0 Å². The number of aliphatic hydroxyl groups is 1. The zero-order valence-electron chi connectivity index (χ0n) is 10.1. The number of amides is 2. The molecule has 0 spiro atoms. The standard InChI is InChI=1S/C12H20N2O3/c1-7-4-10(7)12(17)13-3-2-11(16)14-8-5-9(15)6-8/h7-10,15H,2-6H2,1H3,(H,13,17)(H,14,16). The molecule has 5 heteroatoms. The van der Waals surface area contributed by atoms with E-state index in [1.165, 1.54) is 0 Å². The maximum atomic E-state index is 11.5. The van der Waals surface area contributed by atoms with Crippen LogP contribution in [0.4, 0.5) is 0 Å². The molecule has 0 aromatic carbocycles. The number of carbonyl (C=O) groups is 2. The molecule has 0 aromatic heterocycles. The van der Waals surface area contributed by atoms with Crippen molar-refractivity contribution in [3.05, 3.63) is 0 Å². The van der Waals surface area contributed by atoms with Gasteiger partial charge in [-0.1, -0.05) is 6.92 Å². The smallest absolute Gasteiger partial charge is 0.223 e. The van der Waals surface area contributed by atoms with Crippen LogP contribution in [0.3, 0.4) is 0 Å². The molecule has 2 saturated carbocycles. The summed E-state index contributed by atoms with van der Waals surface area (Å²) in [5.41, 5.74) is 0. The first-order valence-electron chi connectivity index (χ1n) is 6.31. The van der Waals surface area contributed by atoms with Crippen molar-refractivity contribution in [2.75, 3.05) is 6.54 Å². The van der Waals surface area contributed by atoms with Crippen molar-refractivity contribution in [1.82, 2.24) is 10.6 Å². The summed E-state index contributed by atoms with van der Waals surface area (Å²) in [7, 11) is 0. The van der Waals surface area contributed by atoms with Crippen molar-refractivity contribution >= 4 is 11.8 Å². The number of aliphatic hydroxyl groups excluding tert-OH is 1. The average Bonchev–Trinajstić information content (AvgIpc) is 2.93. The van der Waals surface area contributed by atoms with Crippen molar-refractivity contribution in [3.63, 3.8) is 0 Å². The Kier molecular flexibility index (Phi) is 3.66. The SMILES string of the molecule is CC1CC1C(=O)NCCC(=O)NC1CC(O)C1. The molecule has 5 nitrogen and oxygen atoms in total. The third-order valence-corrected chi connectivity index (χ3v) is 3.58. The van der Waals surface area contributed by atoms with Crippen LogP contribution in [0.2, 0.25) is 0 Å². The highest BCUT2D eigenvalue weighted by Crippen LogP contribution is 2.37. The molecule has 0 heterocycles. The molecule has 2 atom stereocenters. The molecule has 0 aliphatic heterocycles. The van der Waals surface area contributed by atoms with Crippen LogP contribution in [0.1, 0.15) is 32.6 Å². The van der Waals surface area contributed by atoms with E-state index in [0.29, 0.717) is 31.7 Å². The van der Waals surface area contributed by atoms with Crippen molar-refractivity contribution in [1.29, 1.82) is 0 Å². The summed E-state index contributed by atoms with van der Waals surface area (Å²) in [6.45, 7) is 2.46. The number of hydrogen-bond donors (Lipinski definition) is 3. The van der Waals surface area contributed by atoms with Gasteiger partial charge in [0.25, 0.3) is 0 Å². The normalized spacial score (nSPS) is 34.7. The fourth-order valence-corrected chi connectivity index (χ4v) is 2.12. The Hall–Kier alpha value is -1.10. The molecular formula is C12H20N2O3. The first-order chi connectivity index (χ1) is 8.06. The third kappa shape index (κ3) is 3.43. The maximum Gasteiger partial charge on any atom is 0.223 e. The molecule has 2 rings (SSSR count). The van der Waals surface area contributed by atoms with Gasteiger partial charge < -0.3 is 15.7 Å². The second-order valence-corrected chi connectivity index (χ2v) is 5.25. The Labute approximate surface area is 101 Å². The van der Waals surface area contributed by atoms with Gasteiger partial charge in [0.1, 0.15) is 0 Å². The topological polar surface area (TPSA) is 78.4 Å². The lowest BCUT2D eigenvalue weighted by Crippen LogP contribution is -2.47. The van der Waals surface area contributed by atoms with E-state index in [-0.39, 0.29) is 29.9 Å². The Morgan fingerprint density at radius 1 is 1.29 bits per heavy atom. The second-order valence-electron chi connectivity index (χ2n) is 5.25. The monoisotopic (exact) mass is 240 g/mol. The van der Waals surface area contributed by atoms with Gasteiger partial charge in [0, 0.05) is 24.9 Å². The highest BCUT2D eigenvalue weighted by atomic mass is 16.3. The minimum absolute atomic E-state index is 0.0500. The number of hydrogen-bond acceptors (Lipinski definition) is 3. The number of nitrogens with one attached hydrogen (secondary N) is 2. The Morgan fingerprint density at radius 3 is 2.47 bits per heavy atom. The zero-order valence-corrected chi connectivity index (χ0v) is 10.1. The number of rotatable bonds is 5. The fraction of sp³-hybridized carbons (Fsp3) is 0.833. The predicted octanol–water partition coefficient (Wildman–Crippen LogP) is -0.212. The molecule has 17 heavy (non-hydrogen) atoms. The van der Waals surface area contributed by atoms with Crippen molar-refractivity contribution < 1.29 is 14.7 Å². The van der Waals surface area contributed by atoms with Gasteiger partial charge in [0.05, 0.1) is 6.10 Å². The molecule has 96 valence electrons. The van der Waals surface area contributed by atoms with E-state index in [0.717, 1.165) is 6.42 Å². The summed E-state index contributed by atoms with van der Waals surface area (Å²) in [6.07, 6.45) is 2.34. The molecule has 2 unspecified atom stereocenters. The molecule has 2 aliphatic rings. The van der Waals surface area contributed by atoms with E-state index in [1.54, 1.807) is 0 Å². The van der Waals surface area contributed by atoms with Crippen LogP contribution in [0.15, 0.2) is 0 Å². The van der Waals surface area contributed by atoms with Crippen LogP contribution in [-0.4, -0.2) is 35.6 Å². The number of carbonyl (C=O) groups excluding carboxylic acids is 2. The molecule has 2 amide bonds. The Balaban J connectivity index is 1.52. The van der Waals surface area contributed by atoms with E-state index in [4.69, 9.17) is 5.11 Å². The Bertz CT molecular complexity index is 313. The van der Waals surface area contributed by atoms with Gasteiger partial charge in [-0.3, -0.25) is 9.59 Å². The van der Waals surface area contributed by atoms with Gasteiger partial charge in [-0.15, -0.1) is 0 Å². The highest BCUT2D eigenvalue weighted by Gasteiger charge is 2.38. The van der Waals surface area contributed by atoms with Gasteiger partial charge >= 0.3 is 0 Å². The zero-order chi connectivity index (χ0) is 12.4. The van der Waals surface area contributed by atoms with Gasteiger partial charge in [0.2, 0.25) is 11.8 Å². The van der Waals surface area contributed by atoms with Crippen molar-refractivity contribution in [2.24, 2.45) is 11.8 Å². The van der Waals surface area contributed by atoms with Crippen molar-refractivity contribution in [2.45, 2.75) is 44.8 Å². The summed E-state index contributed by atoms with van der Waals surface area (Å²) in [4.78, 5) is 22.9. The Morgan fingerprint density at radius 2 is 1.94 bits per heavy atom. The van der Waals surface area contributed by atoms with Gasteiger partial charge in [-0.05, 0) is 25.2 Å². The van der Waals surface area contributed by atoms with E-state index < -0.39 is 0 Å². The lowest BCUT2D eigenvalue weighted by atomic mass is 9.89. The average molecular weight is 240 g/mol. The molecule has 0 bridgehead atoms. The minimum Gasteiger partial charge on any atom is -0.393 e. The van der Waals surface area contributed by atoms with Crippen LogP contribution in [-0.2, 0) is 9.59 Å². The van der Waals surface area contributed by atoms with Gasteiger partial charge in [0.15, 0.2) is 0 Å². The van der Waals surface area contributed by atoms with Crippen LogP contribution in [0, 0.1) is 11.8 Å². The molecule has 2 fully saturated rings. The second kappa shape index (κ2) is 5.04. The molecule has 2 aliphatic carbocycles. The van der Waals surface area contributed by atoms with Gasteiger partial charge in [-0.25, -0.2) is 0 Å². The van der Waals surface area contributed by atoms with E-state index in [1.807, 2.05) is 0 Å². The molecule has 0 aromatic rings. The summed E-state index contributed by atoms with van der Waals surface area (Å²) < 4.78 is 0. The quantitative estimate of drug-likeness (QED) is 0.622. The summed E-state index contributed by atoms with van der Waals surface area (Å²) in [6, 6.07) is 0.122. The van der Waals surface area contributed by atoms with E-state index in [9.17, 15) is 9.59 Å². The summed E-state index contributed by atoms with van der Waals surface area (Å²) >= 11 is 0. The third-order valence-electron chi connectivity index (χ3n) is 3.58. The van der Waals surface area contributed by atoms with Crippen LogP contribution in [0.5, 0.6) is 0 Å². The highest BCUT2D eigenvalue weighted by molar-refractivity contribution is 5.82. The first kappa shape index (κ1) is 12.4. The lowest BCUT2D eigenvalue weighted by Gasteiger charge is -2.31. The fourth-order valence-electron chi connectivity index (χ4n) is 2.12. The van der Waals surface area contributed by atoms with E-state index in [2.05, 4.69) is 17.6 Å². The summed E-state index contributed by atoms with van der Waals surface area (Å²) in [5.74, 6) is 0.690. The predicted molar refractivity (Wildman–Crippen MR) is 62.1 cm³/mol. The van der Waals surface area contributed by atoms with Crippen LogP contribution >= 0.6 is 0 Å². The van der Waals surface area contributed by atoms with Gasteiger partial charge in [-0.2, -0.15) is 0 Å². The van der Waals surface area contributed by atoms with Crippen LogP contribution < -0.4 is 10.6 Å². The maximum absolute atomic E-state index is 11.5. The van der Waals surface area contributed by atoms with Crippen molar-refractivity contribution in [3.8, 4) is 0 Å². The summed E-state index contributed by atoms with van der Waals surface area (Å²) in [5, 5.41) is 14.7. The minimum atomic E-state index is -0.253. The lowest BCUT2D eigenvalue weighted by molar-refractivity contribution is -0.124. The molecular weight excluding hydrogens is 220 g/mol. The molecule has 0 radical (unpaired) electrons. The largest absolute Gasteiger partial charge is 0.393 e. The molecule has 0 saturated heterocycles. The van der Waals surface area contributed by atoms with E-state index >= 15 is 0 Å².